The molecule has 1 heterocycles. The molecule has 3 heteroatoms. The van der Waals surface area contributed by atoms with Crippen molar-refractivity contribution in [1.29, 1.82) is 0 Å². The van der Waals surface area contributed by atoms with Crippen molar-refractivity contribution in [2.24, 2.45) is 0 Å². The average molecular weight is 244 g/mol. The SMILES string of the molecule is COc1ccc(N)cc1-n1cccc1C(C)(C)C. The normalized spacial score (nSPS) is 11.6. The van der Waals surface area contributed by atoms with Crippen LogP contribution in [-0.4, -0.2) is 11.7 Å². The minimum Gasteiger partial charge on any atom is -0.495 e. The molecule has 0 aliphatic rings. The molecule has 18 heavy (non-hydrogen) atoms. The first-order chi connectivity index (χ1) is 8.43. The van der Waals surface area contributed by atoms with Crippen LogP contribution in [0, 0.1) is 0 Å². The lowest BCUT2D eigenvalue weighted by Crippen LogP contribution is -2.16. The summed E-state index contributed by atoms with van der Waals surface area (Å²) in [5.74, 6) is 0.825. The van der Waals surface area contributed by atoms with Gasteiger partial charge in [0.1, 0.15) is 5.75 Å². The van der Waals surface area contributed by atoms with Gasteiger partial charge in [0.25, 0.3) is 0 Å². The molecule has 0 aliphatic carbocycles. The lowest BCUT2D eigenvalue weighted by Gasteiger charge is -2.23. The number of anilines is 1. The maximum Gasteiger partial charge on any atom is 0.142 e. The van der Waals surface area contributed by atoms with E-state index < -0.39 is 0 Å². The number of hydrogen-bond donors (Lipinski definition) is 1. The summed E-state index contributed by atoms with van der Waals surface area (Å²) in [7, 11) is 1.68. The molecule has 96 valence electrons. The van der Waals surface area contributed by atoms with Gasteiger partial charge in [0.05, 0.1) is 12.8 Å². The minimum absolute atomic E-state index is 0.0686. The number of benzene rings is 1. The molecule has 0 atom stereocenters. The number of rotatable bonds is 2. The number of nitrogen functional groups attached to an aromatic ring is 1. The van der Waals surface area contributed by atoms with Crippen molar-refractivity contribution in [3.63, 3.8) is 0 Å². The third-order valence-corrected chi connectivity index (χ3v) is 2.98. The minimum atomic E-state index is 0.0686. The smallest absolute Gasteiger partial charge is 0.142 e. The molecule has 0 amide bonds. The zero-order chi connectivity index (χ0) is 13.3. The molecular weight excluding hydrogens is 224 g/mol. The fraction of sp³-hybridized carbons (Fsp3) is 0.333. The van der Waals surface area contributed by atoms with Crippen LogP contribution in [0.4, 0.5) is 5.69 Å². The molecule has 2 N–H and O–H groups in total. The topological polar surface area (TPSA) is 40.2 Å². The number of hydrogen-bond acceptors (Lipinski definition) is 2. The van der Waals surface area contributed by atoms with E-state index in [1.165, 1.54) is 5.69 Å². The van der Waals surface area contributed by atoms with Gasteiger partial charge in [-0.2, -0.15) is 0 Å². The van der Waals surface area contributed by atoms with Crippen LogP contribution in [0.5, 0.6) is 5.75 Å². The lowest BCUT2D eigenvalue weighted by molar-refractivity contribution is 0.411. The zero-order valence-electron chi connectivity index (χ0n) is 11.4. The van der Waals surface area contributed by atoms with Crippen molar-refractivity contribution in [3.05, 3.63) is 42.2 Å². The highest BCUT2D eigenvalue weighted by molar-refractivity contribution is 5.57. The third-order valence-electron chi connectivity index (χ3n) is 2.98. The Kier molecular flexibility index (Phi) is 3.07. The Labute approximate surface area is 108 Å². The van der Waals surface area contributed by atoms with Crippen molar-refractivity contribution in [1.82, 2.24) is 4.57 Å². The standard InChI is InChI=1S/C15H20N2O/c1-15(2,3)14-6-5-9-17(14)12-10-11(16)7-8-13(12)18-4/h5-10H,16H2,1-4H3. The highest BCUT2D eigenvalue weighted by Gasteiger charge is 2.19. The summed E-state index contributed by atoms with van der Waals surface area (Å²) in [6.07, 6.45) is 2.04. The first-order valence-electron chi connectivity index (χ1n) is 6.05. The summed E-state index contributed by atoms with van der Waals surface area (Å²) >= 11 is 0. The van der Waals surface area contributed by atoms with Gasteiger partial charge in [-0.05, 0) is 30.3 Å². The predicted molar refractivity (Wildman–Crippen MR) is 75.4 cm³/mol. The van der Waals surface area contributed by atoms with Crippen LogP contribution < -0.4 is 10.5 Å². The van der Waals surface area contributed by atoms with Crippen molar-refractivity contribution >= 4 is 5.69 Å². The van der Waals surface area contributed by atoms with Crippen LogP contribution in [0.15, 0.2) is 36.5 Å². The van der Waals surface area contributed by atoms with Crippen LogP contribution in [0.25, 0.3) is 5.69 Å². The monoisotopic (exact) mass is 244 g/mol. The first kappa shape index (κ1) is 12.6. The van der Waals surface area contributed by atoms with Crippen LogP contribution in [0.1, 0.15) is 26.5 Å². The van der Waals surface area contributed by atoms with Crippen LogP contribution in [0.3, 0.4) is 0 Å². The summed E-state index contributed by atoms with van der Waals surface area (Å²) in [6.45, 7) is 6.58. The molecule has 0 saturated carbocycles. The number of methoxy groups -OCH3 is 1. The van der Waals surface area contributed by atoms with Gasteiger partial charge in [-0.3, -0.25) is 0 Å². The van der Waals surface area contributed by atoms with Gasteiger partial charge < -0.3 is 15.0 Å². The predicted octanol–water partition coefficient (Wildman–Crippen LogP) is 3.37. The molecule has 1 aromatic carbocycles. The van der Waals surface area contributed by atoms with E-state index >= 15 is 0 Å². The van der Waals surface area contributed by atoms with E-state index in [-0.39, 0.29) is 5.41 Å². The van der Waals surface area contributed by atoms with E-state index in [4.69, 9.17) is 10.5 Å². The molecule has 0 fully saturated rings. The number of nitrogens with two attached hydrogens (primary N) is 1. The lowest BCUT2D eigenvalue weighted by atomic mass is 9.92. The fourth-order valence-electron chi connectivity index (χ4n) is 2.10. The summed E-state index contributed by atoms with van der Waals surface area (Å²) in [5, 5.41) is 0. The van der Waals surface area contributed by atoms with Crippen molar-refractivity contribution in [2.75, 3.05) is 12.8 Å². The van der Waals surface area contributed by atoms with Gasteiger partial charge in [0.15, 0.2) is 0 Å². The maximum absolute atomic E-state index is 5.88. The third kappa shape index (κ3) is 2.21. The fourth-order valence-corrected chi connectivity index (χ4v) is 2.10. The van der Waals surface area contributed by atoms with E-state index in [1.807, 2.05) is 30.5 Å². The van der Waals surface area contributed by atoms with Crippen molar-refractivity contribution < 1.29 is 4.74 Å². The summed E-state index contributed by atoms with van der Waals surface area (Å²) in [6, 6.07) is 9.86. The summed E-state index contributed by atoms with van der Waals surface area (Å²) < 4.78 is 7.55. The zero-order valence-corrected chi connectivity index (χ0v) is 11.4. The largest absolute Gasteiger partial charge is 0.495 e. The van der Waals surface area contributed by atoms with Crippen LogP contribution in [-0.2, 0) is 5.41 Å². The Morgan fingerprint density at radius 3 is 2.50 bits per heavy atom. The van der Waals surface area contributed by atoms with Gasteiger partial charge >= 0.3 is 0 Å². The second-order valence-electron chi connectivity index (χ2n) is 5.44. The van der Waals surface area contributed by atoms with Crippen molar-refractivity contribution in [3.8, 4) is 11.4 Å². The second-order valence-corrected chi connectivity index (χ2v) is 5.44. The van der Waals surface area contributed by atoms with E-state index in [2.05, 4.69) is 31.4 Å². The molecule has 0 radical (unpaired) electrons. The molecule has 2 rings (SSSR count). The average Bonchev–Trinajstić information content (AvgIpc) is 2.77. The molecule has 3 nitrogen and oxygen atoms in total. The van der Waals surface area contributed by atoms with E-state index in [0.717, 1.165) is 17.1 Å². The van der Waals surface area contributed by atoms with E-state index in [0.29, 0.717) is 0 Å². The van der Waals surface area contributed by atoms with E-state index in [9.17, 15) is 0 Å². The van der Waals surface area contributed by atoms with Gasteiger partial charge in [-0.15, -0.1) is 0 Å². The summed E-state index contributed by atoms with van der Waals surface area (Å²) in [4.78, 5) is 0. The molecule has 0 saturated heterocycles. The molecular formula is C15H20N2O. The van der Waals surface area contributed by atoms with Crippen LogP contribution >= 0.6 is 0 Å². The Hall–Kier alpha value is -1.90. The van der Waals surface area contributed by atoms with Gasteiger partial charge in [0.2, 0.25) is 0 Å². The second kappa shape index (κ2) is 4.41. The van der Waals surface area contributed by atoms with Crippen LogP contribution in [0.2, 0.25) is 0 Å². The first-order valence-corrected chi connectivity index (χ1v) is 6.05. The Morgan fingerprint density at radius 2 is 1.89 bits per heavy atom. The highest BCUT2D eigenvalue weighted by atomic mass is 16.5. The quantitative estimate of drug-likeness (QED) is 0.823. The number of nitrogens with zero attached hydrogens (tertiary/aromatic N) is 1. The van der Waals surface area contributed by atoms with Gasteiger partial charge in [-0.1, -0.05) is 20.8 Å². The molecule has 0 aliphatic heterocycles. The Morgan fingerprint density at radius 1 is 1.17 bits per heavy atom. The van der Waals surface area contributed by atoms with Gasteiger partial charge in [0, 0.05) is 23.0 Å². The number of ether oxygens (including phenoxy) is 1. The van der Waals surface area contributed by atoms with E-state index in [1.54, 1.807) is 7.11 Å². The molecule has 0 spiro atoms. The molecule has 1 aromatic heterocycles. The Balaban J connectivity index is 2.62. The molecule has 2 aromatic rings. The molecule has 0 bridgehead atoms. The molecule has 0 unspecified atom stereocenters. The highest BCUT2D eigenvalue weighted by Crippen LogP contribution is 2.31. The Bertz CT molecular complexity index is 550. The maximum atomic E-state index is 5.88. The summed E-state index contributed by atoms with van der Waals surface area (Å²) in [5.41, 5.74) is 8.89. The number of aromatic nitrogens is 1. The van der Waals surface area contributed by atoms with Gasteiger partial charge in [-0.25, -0.2) is 0 Å². The van der Waals surface area contributed by atoms with Crippen molar-refractivity contribution in [2.45, 2.75) is 26.2 Å².